The second-order valence-corrected chi connectivity index (χ2v) is 13.2. The van der Waals surface area contributed by atoms with Gasteiger partial charge in [0.1, 0.15) is 23.5 Å². The Balaban J connectivity index is 1.18. The number of hydrogen-bond acceptors (Lipinski definition) is 7. The Hall–Kier alpha value is -2.61. The molecule has 4 amide bonds. The fraction of sp³-hybridized carbons (Fsp3) is 0.458. The second kappa shape index (κ2) is 9.69. The minimum absolute atomic E-state index is 0.0352. The van der Waals surface area contributed by atoms with E-state index in [2.05, 4.69) is 45.1 Å². The maximum Gasteiger partial charge on any atom is 0.407 e. The number of fused-ring (bicyclic) bond motifs is 2. The summed E-state index contributed by atoms with van der Waals surface area (Å²) in [5, 5.41) is 5.48. The van der Waals surface area contributed by atoms with Crippen LogP contribution in [0.4, 0.5) is 9.18 Å². The molecule has 1 aromatic heterocycles. The largest absolute Gasteiger partial charge is 0.442 e. The third-order valence-corrected chi connectivity index (χ3v) is 8.69. The number of benzene rings is 1. The van der Waals surface area contributed by atoms with Crippen LogP contribution in [0.25, 0.3) is 0 Å². The quantitative estimate of drug-likeness (QED) is 0.299. The molecule has 2 aliphatic heterocycles. The number of piperidine rings is 1. The first-order valence-electron chi connectivity index (χ1n) is 11.6. The molecule has 2 aromatic rings. The number of nitrogens with one attached hydrogen (secondary N) is 2. The van der Waals surface area contributed by atoms with Gasteiger partial charge in [-0.1, -0.05) is 41.6 Å². The molecular formula is C24H24FIN4O5S. The molecule has 2 N–H and O–H groups in total. The van der Waals surface area contributed by atoms with Gasteiger partial charge in [-0.25, -0.2) is 14.2 Å². The molecule has 0 saturated carbocycles. The molecule has 1 unspecified atom stereocenters. The molecule has 190 valence electrons. The van der Waals surface area contributed by atoms with E-state index < -0.39 is 29.8 Å². The van der Waals surface area contributed by atoms with Crippen molar-refractivity contribution >= 4 is 57.7 Å². The van der Waals surface area contributed by atoms with Crippen LogP contribution in [-0.4, -0.2) is 43.2 Å². The number of hydrogen-bond donors (Lipinski definition) is 2. The summed E-state index contributed by atoms with van der Waals surface area (Å²) < 4.78 is 20.7. The molecule has 1 aromatic carbocycles. The van der Waals surface area contributed by atoms with Gasteiger partial charge in [0.15, 0.2) is 0 Å². The Morgan fingerprint density at radius 3 is 2.94 bits per heavy atom. The number of nitrogens with zero attached hydrogens (tertiary/aromatic N) is 2. The van der Waals surface area contributed by atoms with Crippen molar-refractivity contribution in [3.63, 3.8) is 0 Å². The number of amides is 4. The molecule has 5 rings (SSSR count). The Labute approximate surface area is 224 Å². The lowest BCUT2D eigenvalue weighted by Crippen LogP contribution is -2.52. The lowest BCUT2D eigenvalue weighted by molar-refractivity contribution is -0.136. The minimum Gasteiger partial charge on any atom is -0.442 e. The zero-order chi connectivity index (χ0) is 25.6. The number of halogens is 2. The molecule has 12 heteroatoms. The van der Waals surface area contributed by atoms with Gasteiger partial charge in [-0.3, -0.25) is 19.7 Å². The summed E-state index contributed by atoms with van der Waals surface area (Å²) in [6, 6.07) is 2.30. The second-order valence-electron chi connectivity index (χ2n) is 9.47. The summed E-state index contributed by atoms with van der Waals surface area (Å²) in [7, 11) is 0. The number of alkyl carbamates (subject to hydrolysis) is 1. The van der Waals surface area contributed by atoms with Crippen LogP contribution in [0.2, 0.25) is 0 Å². The smallest absolute Gasteiger partial charge is 0.407 e. The lowest BCUT2D eigenvalue weighted by atomic mass is 9.93. The molecule has 2 atom stereocenters. The Bertz CT molecular complexity index is 1280. The van der Waals surface area contributed by atoms with E-state index in [1.807, 2.05) is 0 Å². The van der Waals surface area contributed by atoms with Gasteiger partial charge in [-0.2, -0.15) is 0 Å². The number of alkyl halides is 1. The first kappa shape index (κ1) is 25.1. The molecule has 0 bridgehead atoms. The summed E-state index contributed by atoms with van der Waals surface area (Å²) in [4.78, 5) is 55.9. The predicted molar refractivity (Wildman–Crippen MR) is 136 cm³/mol. The highest BCUT2D eigenvalue weighted by atomic mass is 127. The van der Waals surface area contributed by atoms with Crippen molar-refractivity contribution in [2.75, 3.05) is 0 Å². The summed E-state index contributed by atoms with van der Waals surface area (Å²) in [6.45, 7) is 2.18. The van der Waals surface area contributed by atoms with Crippen LogP contribution >= 0.6 is 33.9 Å². The Kier molecular flexibility index (Phi) is 6.74. The number of aromatic nitrogens is 1. The number of ether oxygens (including phenoxy) is 1. The van der Waals surface area contributed by atoms with Crippen molar-refractivity contribution in [2.45, 2.75) is 68.2 Å². The summed E-state index contributed by atoms with van der Waals surface area (Å²) >= 11 is 4.03. The summed E-state index contributed by atoms with van der Waals surface area (Å²) in [6.07, 6.45) is 2.53. The number of imide groups is 1. The van der Waals surface area contributed by atoms with Crippen LogP contribution < -0.4 is 10.6 Å². The van der Waals surface area contributed by atoms with Gasteiger partial charge in [0.05, 0.1) is 11.3 Å². The van der Waals surface area contributed by atoms with Crippen molar-refractivity contribution in [1.29, 1.82) is 0 Å². The number of carbonyl (C=O) groups excluding carboxylic acids is 4. The van der Waals surface area contributed by atoms with Crippen LogP contribution in [0.15, 0.2) is 12.1 Å². The number of thiazole rings is 1. The molecule has 1 aliphatic carbocycles. The summed E-state index contributed by atoms with van der Waals surface area (Å²) in [5.74, 6) is -2.27. The van der Waals surface area contributed by atoms with Crippen molar-refractivity contribution in [1.82, 2.24) is 20.5 Å². The van der Waals surface area contributed by atoms with Crippen molar-refractivity contribution in [2.24, 2.45) is 0 Å². The van der Waals surface area contributed by atoms with Gasteiger partial charge in [-0.15, -0.1) is 11.3 Å². The maximum atomic E-state index is 15.2. The van der Waals surface area contributed by atoms with Crippen LogP contribution in [0.5, 0.6) is 0 Å². The van der Waals surface area contributed by atoms with Crippen LogP contribution in [0, 0.1) is 5.82 Å². The van der Waals surface area contributed by atoms with Crippen LogP contribution in [0.1, 0.15) is 63.2 Å². The van der Waals surface area contributed by atoms with E-state index >= 15 is 4.39 Å². The van der Waals surface area contributed by atoms with Crippen LogP contribution in [-0.2, 0) is 46.9 Å². The van der Waals surface area contributed by atoms with Gasteiger partial charge in [0.2, 0.25) is 11.8 Å². The highest BCUT2D eigenvalue weighted by Gasteiger charge is 2.40. The fourth-order valence-electron chi connectivity index (χ4n) is 4.77. The lowest BCUT2D eigenvalue weighted by Gasteiger charge is -2.29. The average Bonchev–Trinajstić information content (AvgIpc) is 3.37. The van der Waals surface area contributed by atoms with Crippen molar-refractivity contribution in [3.8, 4) is 0 Å². The number of carbonyl (C=O) groups is 4. The van der Waals surface area contributed by atoms with Gasteiger partial charge in [0, 0.05) is 33.4 Å². The van der Waals surface area contributed by atoms with Gasteiger partial charge < -0.3 is 15.0 Å². The fourth-order valence-corrected chi connectivity index (χ4v) is 6.89. The normalized spacial score (nSPS) is 23.2. The van der Waals surface area contributed by atoms with E-state index in [-0.39, 0.29) is 53.0 Å². The van der Waals surface area contributed by atoms with E-state index in [0.29, 0.717) is 5.56 Å². The Morgan fingerprint density at radius 1 is 1.36 bits per heavy atom. The van der Waals surface area contributed by atoms with Gasteiger partial charge in [-0.05, 0) is 31.2 Å². The van der Waals surface area contributed by atoms with E-state index in [1.165, 1.54) is 15.8 Å². The zero-order valence-electron chi connectivity index (χ0n) is 19.5. The molecule has 1 saturated heterocycles. The minimum atomic E-state index is -0.819. The third-order valence-electron chi connectivity index (χ3n) is 6.69. The highest BCUT2D eigenvalue weighted by molar-refractivity contribution is 14.1. The van der Waals surface area contributed by atoms with E-state index in [0.717, 1.165) is 30.0 Å². The number of rotatable bonds is 5. The molecule has 0 spiro atoms. The molecule has 1 fully saturated rings. The molecule has 9 nitrogen and oxygen atoms in total. The zero-order valence-corrected chi connectivity index (χ0v) is 22.5. The molecule has 3 heterocycles. The SMILES string of the molecule is CC1(I)CCc2nc(COC(=O)NCc3ccc4c(c3F)C(=O)N([C@H]3CCC(=O)NC3=O)C4)sc2C1. The summed E-state index contributed by atoms with van der Waals surface area (Å²) in [5.41, 5.74) is 1.56. The van der Waals surface area contributed by atoms with E-state index in [9.17, 15) is 19.2 Å². The molecule has 36 heavy (non-hydrogen) atoms. The number of aryl methyl sites for hydroxylation is 1. The first-order valence-corrected chi connectivity index (χ1v) is 13.5. The highest BCUT2D eigenvalue weighted by Crippen LogP contribution is 2.38. The standard InChI is InChI=1S/C24H24FIN4O5S/c1-24(26)7-6-14-16(8-24)36-18(28-14)11-35-23(34)27-9-12-2-3-13-10-30(22(33)19(13)20(12)25)15-4-5-17(31)29-21(15)32/h2-3,15H,4-11H2,1H3,(H,27,34)(H,29,31,32)/t15-,24?/m0/s1. The molecule has 3 aliphatic rings. The van der Waals surface area contributed by atoms with Crippen molar-refractivity contribution in [3.05, 3.63) is 50.2 Å². The predicted octanol–water partition coefficient (Wildman–Crippen LogP) is 3.15. The van der Waals surface area contributed by atoms with E-state index in [1.54, 1.807) is 17.4 Å². The van der Waals surface area contributed by atoms with E-state index in [4.69, 9.17) is 4.74 Å². The maximum absolute atomic E-state index is 15.2. The first-order chi connectivity index (χ1) is 17.1. The topological polar surface area (TPSA) is 118 Å². The monoisotopic (exact) mass is 626 g/mol. The third kappa shape index (κ3) is 4.97. The Morgan fingerprint density at radius 2 is 2.17 bits per heavy atom. The molecule has 0 radical (unpaired) electrons. The molecular weight excluding hydrogens is 602 g/mol. The van der Waals surface area contributed by atoms with Crippen molar-refractivity contribution < 1.29 is 28.3 Å². The van der Waals surface area contributed by atoms with Gasteiger partial charge in [0.25, 0.3) is 5.91 Å². The van der Waals surface area contributed by atoms with Crippen LogP contribution in [0.3, 0.4) is 0 Å². The van der Waals surface area contributed by atoms with Gasteiger partial charge >= 0.3 is 6.09 Å². The average molecular weight is 626 g/mol.